The Morgan fingerprint density at radius 1 is 0.852 bits per heavy atom. The predicted octanol–water partition coefficient (Wildman–Crippen LogP) is 4.12. The van der Waals surface area contributed by atoms with Gasteiger partial charge in [0, 0.05) is 17.3 Å². The molecular weight excluding hydrogens is 393 g/mol. The van der Waals surface area contributed by atoms with Crippen molar-refractivity contribution >= 4 is 34.8 Å². The molecule has 0 fully saturated rings. The molecule has 6 nitrogen and oxygen atoms in total. The number of ether oxygens (including phenoxy) is 4. The number of benzene rings is 2. The molecule has 0 atom stereocenters. The second-order valence-electron chi connectivity index (χ2n) is 5.17. The highest BCUT2D eigenvalue weighted by atomic mass is 35.5. The van der Waals surface area contributed by atoms with Crippen LogP contribution in [-0.4, -0.2) is 44.5 Å². The minimum absolute atomic E-state index is 0.00169. The number of nitrogens with one attached hydrogen (secondary N) is 1. The highest BCUT2D eigenvalue weighted by Gasteiger charge is 2.15. The van der Waals surface area contributed by atoms with Gasteiger partial charge in [0.25, 0.3) is 5.91 Å². The number of alkyl halides is 2. The zero-order valence-corrected chi connectivity index (χ0v) is 16.2. The van der Waals surface area contributed by atoms with E-state index in [0.29, 0.717) is 47.7 Å². The van der Waals surface area contributed by atoms with Crippen LogP contribution in [0.25, 0.3) is 0 Å². The van der Waals surface area contributed by atoms with Gasteiger partial charge in [0.2, 0.25) is 0 Å². The summed E-state index contributed by atoms with van der Waals surface area (Å²) >= 11 is 11.2. The third-order valence-electron chi connectivity index (χ3n) is 3.29. The summed E-state index contributed by atoms with van der Waals surface area (Å²) in [4.78, 5) is 12.5. The predicted molar refractivity (Wildman–Crippen MR) is 105 cm³/mol. The van der Waals surface area contributed by atoms with E-state index in [9.17, 15) is 4.79 Å². The number of halogens is 2. The van der Waals surface area contributed by atoms with Crippen molar-refractivity contribution in [2.24, 2.45) is 0 Å². The molecule has 2 aromatic carbocycles. The van der Waals surface area contributed by atoms with Crippen molar-refractivity contribution in [3.8, 4) is 11.5 Å². The normalized spacial score (nSPS) is 10.4. The Kier molecular flexibility index (Phi) is 9.79. The fourth-order valence-electron chi connectivity index (χ4n) is 2.09. The minimum Gasteiger partial charge on any atom is -0.464 e. The summed E-state index contributed by atoms with van der Waals surface area (Å²) in [7, 11) is 0. The van der Waals surface area contributed by atoms with E-state index < -0.39 is 0 Å². The largest absolute Gasteiger partial charge is 0.464 e. The number of rotatable bonds is 12. The van der Waals surface area contributed by atoms with Crippen molar-refractivity contribution < 1.29 is 23.7 Å². The van der Waals surface area contributed by atoms with E-state index in [-0.39, 0.29) is 19.5 Å². The Balaban J connectivity index is 2.13. The van der Waals surface area contributed by atoms with Crippen molar-refractivity contribution in [1.82, 2.24) is 0 Å². The molecule has 0 radical (unpaired) electrons. The van der Waals surface area contributed by atoms with Crippen LogP contribution in [0, 0.1) is 0 Å². The highest BCUT2D eigenvalue weighted by molar-refractivity contribution is 6.18. The van der Waals surface area contributed by atoms with Gasteiger partial charge < -0.3 is 24.3 Å². The van der Waals surface area contributed by atoms with E-state index in [0.717, 1.165) is 0 Å². The third kappa shape index (κ3) is 7.27. The Morgan fingerprint density at radius 2 is 1.52 bits per heavy atom. The lowest BCUT2D eigenvalue weighted by Crippen LogP contribution is -2.15. The third-order valence-corrected chi connectivity index (χ3v) is 3.60. The molecule has 0 bridgehead atoms. The molecule has 2 aromatic rings. The average molecular weight is 414 g/mol. The fraction of sp³-hybridized carbons (Fsp3) is 0.316. The summed E-state index contributed by atoms with van der Waals surface area (Å²) in [5.74, 6) is 1.20. The molecule has 1 N–H and O–H groups in total. The van der Waals surface area contributed by atoms with Crippen LogP contribution in [0.1, 0.15) is 10.4 Å². The summed E-state index contributed by atoms with van der Waals surface area (Å²) in [5.41, 5.74) is 0.978. The maximum absolute atomic E-state index is 12.5. The van der Waals surface area contributed by atoms with Crippen LogP contribution in [0.15, 0.2) is 48.5 Å². The molecule has 0 aromatic heterocycles. The fourth-order valence-corrected chi connectivity index (χ4v) is 2.31. The summed E-state index contributed by atoms with van der Waals surface area (Å²) in [5, 5.41) is 2.82. The molecule has 0 heterocycles. The van der Waals surface area contributed by atoms with Gasteiger partial charge in [-0.2, -0.15) is 0 Å². The summed E-state index contributed by atoms with van der Waals surface area (Å²) in [6, 6.07) is 14.0. The van der Waals surface area contributed by atoms with E-state index in [1.165, 1.54) is 0 Å². The molecule has 27 heavy (non-hydrogen) atoms. The first-order valence-electron chi connectivity index (χ1n) is 8.28. The van der Waals surface area contributed by atoms with Crippen LogP contribution in [0.4, 0.5) is 5.69 Å². The van der Waals surface area contributed by atoms with Crippen LogP contribution < -0.4 is 14.8 Å². The zero-order valence-electron chi connectivity index (χ0n) is 14.7. The molecule has 0 saturated heterocycles. The minimum atomic E-state index is -0.266. The van der Waals surface area contributed by atoms with E-state index in [1.54, 1.807) is 42.5 Å². The lowest BCUT2D eigenvalue weighted by Gasteiger charge is -2.17. The molecule has 8 heteroatoms. The smallest absolute Gasteiger partial charge is 0.255 e. The average Bonchev–Trinajstić information content (AvgIpc) is 2.70. The molecule has 0 saturated carbocycles. The summed E-state index contributed by atoms with van der Waals surface area (Å²) in [6.45, 7) is 0.668. The van der Waals surface area contributed by atoms with Crippen molar-refractivity contribution in [3.05, 3.63) is 54.1 Å². The maximum Gasteiger partial charge on any atom is 0.255 e. The van der Waals surface area contributed by atoms with Crippen molar-refractivity contribution in [1.29, 1.82) is 0 Å². The lowest BCUT2D eigenvalue weighted by atomic mass is 10.2. The molecule has 0 aliphatic rings. The number of para-hydroxylation sites is 1. The number of carbonyl (C=O) groups excluding carboxylic acids is 1. The van der Waals surface area contributed by atoms with Gasteiger partial charge in [-0.1, -0.05) is 24.3 Å². The number of anilines is 1. The Bertz CT molecular complexity index is 700. The Labute approximate surface area is 168 Å². The Morgan fingerprint density at radius 3 is 2.19 bits per heavy atom. The monoisotopic (exact) mass is 413 g/mol. The first-order chi connectivity index (χ1) is 13.3. The molecule has 0 aliphatic heterocycles. The van der Waals surface area contributed by atoms with Gasteiger partial charge in [0.1, 0.15) is 0 Å². The topological polar surface area (TPSA) is 66.0 Å². The van der Waals surface area contributed by atoms with Gasteiger partial charge in [-0.3, -0.25) is 4.79 Å². The molecule has 1 amide bonds. The number of hydrogen-bond acceptors (Lipinski definition) is 5. The van der Waals surface area contributed by atoms with Gasteiger partial charge in [0.05, 0.1) is 18.9 Å². The summed E-state index contributed by atoms with van der Waals surface area (Å²) in [6.07, 6.45) is 0. The molecule has 0 aliphatic carbocycles. The second-order valence-corrected chi connectivity index (χ2v) is 5.93. The van der Waals surface area contributed by atoms with Crippen molar-refractivity contribution in [3.63, 3.8) is 0 Å². The van der Waals surface area contributed by atoms with E-state index in [1.807, 2.05) is 6.07 Å². The number of carbonyl (C=O) groups is 1. The zero-order chi connectivity index (χ0) is 19.3. The van der Waals surface area contributed by atoms with Crippen LogP contribution in [-0.2, 0) is 9.47 Å². The quantitative estimate of drug-likeness (QED) is 0.322. The first-order valence-corrected chi connectivity index (χ1v) is 9.35. The van der Waals surface area contributed by atoms with Crippen LogP contribution >= 0.6 is 23.2 Å². The van der Waals surface area contributed by atoms with Crippen molar-refractivity contribution in [2.75, 3.05) is 43.9 Å². The molecule has 146 valence electrons. The number of hydrogen-bond donors (Lipinski definition) is 1. The maximum atomic E-state index is 12.5. The van der Waals surface area contributed by atoms with E-state index >= 15 is 0 Å². The highest BCUT2D eigenvalue weighted by Crippen LogP contribution is 2.35. The molecule has 0 unspecified atom stereocenters. The van der Waals surface area contributed by atoms with Gasteiger partial charge >= 0.3 is 0 Å². The van der Waals surface area contributed by atoms with Crippen molar-refractivity contribution in [2.45, 2.75) is 0 Å². The van der Waals surface area contributed by atoms with Gasteiger partial charge in [-0.25, -0.2) is 0 Å². The van der Waals surface area contributed by atoms with Gasteiger partial charge in [0.15, 0.2) is 25.1 Å². The van der Waals surface area contributed by atoms with Crippen LogP contribution in [0.2, 0.25) is 0 Å². The molecule has 0 spiro atoms. The first kappa shape index (κ1) is 21.3. The van der Waals surface area contributed by atoms with E-state index in [2.05, 4.69) is 5.32 Å². The SMILES string of the molecule is O=C(Nc1cccc(OCOCCCl)c1OCOCCCl)c1ccccc1. The molecule has 2 rings (SSSR count). The standard InChI is InChI=1S/C19H21Cl2NO5/c20-9-11-24-13-26-17-8-4-7-16(18(17)27-14-25-12-10-21)22-19(23)15-5-2-1-3-6-15/h1-8H,9-14H2,(H,22,23). The summed E-state index contributed by atoms with van der Waals surface area (Å²) < 4.78 is 21.7. The second kappa shape index (κ2) is 12.4. The van der Waals surface area contributed by atoms with Gasteiger partial charge in [-0.05, 0) is 24.3 Å². The van der Waals surface area contributed by atoms with Crippen LogP contribution in [0.5, 0.6) is 11.5 Å². The number of amides is 1. The molecular formula is C19H21Cl2NO5. The van der Waals surface area contributed by atoms with Gasteiger partial charge in [-0.15, -0.1) is 23.2 Å². The lowest BCUT2D eigenvalue weighted by molar-refractivity contribution is 0.00735. The Hall–Kier alpha value is -1.99. The van der Waals surface area contributed by atoms with E-state index in [4.69, 9.17) is 42.1 Å². The van der Waals surface area contributed by atoms with Crippen LogP contribution in [0.3, 0.4) is 0 Å².